The molecule has 0 atom stereocenters. The Bertz CT molecular complexity index is 718. The number of nitrogens with one attached hydrogen (secondary N) is 1. The molecular formula is C16H17N5. The van der Waals surface area contributed by atoms with Crippen molar-refractivity contribution < 1.29 is 0 Å². The number of fused-ring (bicyclic) bond motifs is 1. The number of para-hydroxylation sites is 1. The summed E-state index contributed by atoms with van der Waals surface area (Å²) in [5.41, 5.74) is 6.15. The summed E-state index contributed by atoms with van der Waals surface area (Å²) in [5.74, 6) is 0. The molecule has 0 unspecified atom stereocenters. The van der Waals surface area contributed by atoms with Crippen LogP contribution in [0, 0.1) is 0 Å². The molecule has 2 aromatic carbocycles. The zero-order chi connectivity index (χ0) is 14.3. The van der Waals surface area contributed by atoms with Gasteiger partial charge in [-0.1, -0.05) is 47.7 Å². The SMILES string of the molecule is C(=NNCCCn1nnc2ccccc21)c1ccccc1. The molecule has 0 fully saturated rings. The number of aryl methyl sites for hydroxylation is 1. The van der Waals surface area contributed by atoms with Crippen LogP contribution >= 0.6 is 0 Å². The molecule has 1 N–H and O–H groups in total. The van der Waals surface area contributed by atoms with Gasteiger partial charge in [0, 0.05) is 13.1 Å². The maximum absolute atomic E-state index is 4.20. The quantitative estimate of drug-likeness (QED) is 0.428. The lowest BCUT2D eigenvalue weighted by atomic mass is 10.2. The van der Waals surface area contributed by atoms with E-state index in [1.165, 1.54) is 0 Å². The topological polar surface area (TPSA) is 55.1 Å². The van der Waals surface area contributed by atoms with Crippen LogP contribution < -0.4 is 5.43 Å². The minimum Gasteiger partial charge on any atom is -0.310 e. The fraction of sp³-hybridized carbons (Fsp3) is 0.188. The van der Waals surface area contributed by atoms with E-state index in [0.29, 0.717) is 0 Å². The van der Waals surface area contributed by atoms with E-state index in [4.69, 9.17) is 0 Å². The molecule has 5 heteroatoms. The highest BCUT2D eigenvalue weighted by Crippen LogP contribution is 2.09. The first-order chi connectivity index (χ1) is 10.4. The number of aromatic nitrogens is 3. The first-order valence-corrected chi connectivity index (χ1v) is 7.03. The Morgan fingerprint density at radius 3 is 2.76 bits per heavy atom. The van der Waals surface area contributed by atoms with Crippen molar-refractivity contribution in [3.8, 4) is 0 Å². The molecule has 106 valence electrons. The van der Waals surface area contributed by atoms with E-state index in [-0.39, 0.29) is 0 Å². The van der Waals surface area contributed by atoms with Gasteiger partial charge in [0.25, 0.3) is 0 Å². The van der Waals surface area contributed by atoms with Gasteiger partial charge in [-0.2, -0.15) is 5.10 Å². The van der Waals surface area contributed by atoms with Gasteiger partial charge in [0.05, 0.1) is 11.7 Å². The van der Waals surface area contributed by atoms with Crippen molar-refractivity contribution >= 4 is 17.2 Å². The minimum absolute atomic E-state index is 0.803. The number of hydrogen-bond acceptors (Lipinski definition) is 4. The third-order valence-electron chi connectivity index (χ3n) is 3.18. The fourth-order valence-electron chi connectivity index (χ4n) is 2.11. The van der Waals surface area contributed by atoms with E-state index in [1.54, 1.807) is 0 Å². The van der Waals surface area contributed by atoms with Crippen LogP contribution in [0.25, 0.3) is 11.0 Å². The lowest BCUT2D eigenvalue weighted by Crippen LogP contribution is -2.11. The van der Waals surface area contributed by atoms with Crippen LogP contribution in [-0.2, 0) is 6.54 Å². The zero-order valence-corrected chi connectivity index (χ0v) is 11.7. The van der Waals surface area contributed by atoms with E-state index < -0.39 is 0 Å². The Morgan fingerprint density at radius 1 is 1.05 bits per heavy atom. The molecule has 0 aliphatic carbocycles. The number of nitrogens with zero attached hydrogens (tertiary/aromatic N) is 4. The number of benzene rings is 2. The van der Waals surface area contributed by atoms with Gasteiger partial charge in [0.1, 0.15) is 5.52 Å². The Hall–Kier alpha value is -2.69. The van der Waals surface area contributed by atoms with Gasteiger partial charge in [0.15, 0.2) is 0 Å². The van der Waals surface area contributed by atoms with Crippen molar-refractivity contribution in [3.63, 3.8) is 0 Å². The molecule has 0 saturated heterocycles. The summed E-state index contributed by atoms with van der Waals surface area (Å²) in [4.78, 5) is 0. The molecule has 0 amide bonds. The smallest absolute Gasteiger partial charge is 0.113 e. The molecule has 3 rings (SSSR count). The third kappa shape index (κ3) is 3.45. The van der Waals surface area contributed by atoms with Gasteiger partial charge in [-0.3, -0.25) is 0 Å². The highest BCUT2D eigenvalue weighted by atomic mass is 15.4. The summed E-state index contributed by atoms with van der Waals surface area (Å²) < 4.78 is 1.93. The predicted molar refractivity (Wildman–Crippen MR) is 84.2 cm³/mol. The summed E-state index contributed by atoms with van der Waals surface area (Å²) in [6.45, 7) is 1.63. The van der Waals surface area contributed by atoms with Crippen molar-refractivity contribution in [1.82, 2.24) is 20.4 Å². The summed E-state index contributed by atoms with van der Waals surface area (Å²) in [6.07, 6.45) is 2.77. The van der Waals surface area contributed by atoms with Gasteiger partial charge in [-0.15, -0.1) is 5.10 Å². The molecule has 5 nitrogen and oxygen atoms in total. The second-order valence-electron chi connectivity index (χ2n) is 4.73. The van der Waals surface area contributed by atoms with Crippen LogP contribution in [0.1, 0.15) is 12.0 Å². The van der Waals surface area contributed by atoms with E-state index in [2.05, 4.69) is 20.8 Å². The Balaban J connectivity index is 1.45. The third-order valence-corrected chi connectivity index (χ3v) is 3.18. The molecule has 0 saturated carbocycles. The van der Waals surface area contributed by atoms with Crippen LogP contribution in [0.3, 0.4) is 0 Å². The first-order valence-electron chi connectivity index (χ1n) is 7.03. The molecule has 0 radical (unpaired) electrons. The number of hydrogen-bond donors (Lipinski definition) is 1. The van der Waals surface area contributed by atoms with Crippen LogP contribution in [-0.4, -0.2) is 27.8 Å². The minimum atomic E-state index is 0.803. The molecule has 0 spiro atoms. The second kappa shape index (κ2) is 6.65. The average molecular weight is 279 g/mol. The molecule has 3 aromatic rings. The van der Waals surface area contributed by atoms with Crippen LogP contribution in [0.15, 0.2) is 59.7 Å². The van der Waals surface area contributed by atoms with E-state index >= 15 is 0 Å². The van der Waals surface area contributed by atoms with Crippen molar-refractivity contribution in [3.05, 3.63) is 60.2 Å². The predicted octanol–water partition coefficient (Wildman–Crippen LogP) is 2.45. The highest BCUT2D eigenvalue weighted by molar-refractivity contribution is 5.79. The van der Waals surface area contributed by atoms with Crippen LogP contribution in [0.5, 0.6) is 0 Å². The largest absolute Gasteiger partial charge is 0.310 e. The van der Waals surface area contributed by atoms with Crippen molar-refractivity contribution in [2.45, 2.75) is 13.0 Å². The number of hydrazone groups is 1. The van der Waals surface area contributed by atoms with Gasteiger partial charge >= 0.3 is 0 Å². The van der Waals surface area contributed by atoms with Gasteiger partial charge < -0.3 is 5.43 Å². The molecule has 21 heavy (non-hydrogen) atoms. The van der Waals surface area contributed by atoms with Crippen LogP contribution in [0.4, 0.5) is 0 Å². The van der Waals surface area contributed by atoms with Crippen LogP contribution in [0.2, 0.25) is 0 Å². The molecular weight excluding hydrogens is 262 g/mol. The average Bonchev–Trinajstić information content (AvgIpc) is 2.95. The van der Waals surface area contributed by atoms with Crippen molar-refractivity contribution in [1.29, 1.82) is 0 Å². The van der Waals surface area contributed by atoms with E-state index in [9.17, 15) is 0 Å². The highest BCUT2D eigenvalue weighted by Gasteiger charge is 2.01. The van der Waals surface area contributed by atoms with Gasteiger partial charge in [-0.25, -0.2) is 4.68 Å². The van der Waals surface area contributed by atoms with Crippen molar-refractivity contribution in [2.24, 2.45) is 5.10 Å². The second-order valence-corrected chi connectivity index (χ2v) is 4.73. The lowest BCUT2D eigenvalue weighted by molar-refractivity contribution is 0.550. The van der Waals surface area contributed by atoms with E-state index in [0.717, 1.165) is 36.1 Å². The fourth-order valence-corrected chi connectivity index (χ4v) is 2.11. The summed E-state index contributed by atoms with van der Waals surface area (Å²) in [6, 6.07) is 18.0. The molecule has 1 aromatic heterocycles. The summed E-state index contributed by atoms with van der Waals surface area (Å²) >= 11 is 0. The zero-order valence-electron chi connectivity index (χ0n) is 11.7. The standard InChI is InChI=1S/C16H17N5/c1-2-7-14(8-3-1)13-18-17-11-6-12-21-16-10-5-4-9-15(16)19-20-21/h1-5,7-10,13,17H,6,11-12H2. The molecule has 1 heterocycles. The summed E-state index contributed by atoms with van der Waals surface area (Å²) in [7, 11) is 0. The Kier molecular flexibility index (Phi) is 4.21. The molecule has 0 aliphatic rings. The lowest BCUT2D eigenvalue weighted by Gasteiger charge is -2.02. The van der Waals surface area contributed by atoms with Crippen molar-refractivity contribution in [2.75, 3.05) is 6.54 Å². The van der Waals surface area contributed by atoms with Gasteiger partial charge in [0.2, 0.25) is 0 Å². The maximum atomic E-state index is 4.20. The molecule has 0 aliphatic heterocycles. The number of rotatable bonds is 6. The summed E-state index contributed by atoms with van der Waals surface area (Å²) in [5, 5.41) is 12.5. The maximum Gasteiger partial charge on any atom is 0.113 e. The van der Waals surface area contributed by atoms with Gasteiger partial charge in [-0.05, 0) is 24.1 Å². The molecule has 0 bridgehead atoms. The normalized spacial score (nSPS) is 11.2. The first kappa shape index (κ1) is 13.3. The Morgan fingerprint density at radius 2 is 1.86 bits per heavy atom. The van der Waals surface area contributed by atoms with E-state index in [1.807, 2.05) is 65.5 Å². The Labute approximate surface area is 123 Å². The monoisotopic (exact) mass is 279 g/mol.